The lowest BCUT2D eigenvalue weighted by molar-refractivity contribution is -0.142. The van der Waals surface area contributed by atoms with Gasteiger partial charge in [-0.1, -0.05) is 0 Å². The fraction of sp³-hybridized carbons (Fsp3) is 0.300. The number of esters is 1. The van der Waals surface area contributed by atoms with Gasteiger partial charge in [0, 0.05) is 0 Å². The molecule has 0 aliphatic rings. The Labute approximate surface area is 121 Å². The van der Waals surface area contributed by atoms with E-state index in [4.69, 9.17) is 5.73 Å². The van der Waals surface area contributed by atoms with Crippen LogP contribution in [0.5, 0.6) is 5.75 Å². The third-order valence-corrected chi connectivity index (χ3v) is 3.68. The molecule has 3 N–H and O–H groups in total. The van der Waals surface area contributed by atoms with E-state index in [-0.39, 0.29) is 5.75 Å². The molecule has 1 aromatic carbocycles. The predicted molar refractivity (Wildman–Crippen MR) is 77.2 cm³/mol. The van der Waals surface area contributed by atoms with Crippen molar-refractivity contribution in [1.29, 1.82) is 0 Å². The number of carbonyl (C=O) groups is 1. The summed E-state index contributed by atoms with van der Waals surface area (Å²) in [6.07, 6.45) is 0.402. The van der Waals surface area contributed by atoms with E-state index in [1.807, 2.05) is 45.2 Å². The highest BCUT2D eigenvalue weighted by molar-refractivity contribution is 14.1. The molecule has 0 fully saturated rings. The Morgan fingerprint density at radius 1 is 1.50 bits per heavy atom. The number of ether oxygens (including phenoxy) is 1. The second-order valence-electron chi connectivity index (χ2n) is 3.24. The molecule has 1 atom stereocenters. The molecule has 0 saturated heterocycles. The van der Waals surface area contributed by atoms with Crippen LogP contribution in [-0.4, -0.2) is 24.2 Å². The minimum atomic E-state index is -0.666. The van der Waals surface area contributed by atoms with Crippen molar-refractivity contribution in [3.63, 3.8) is 0 Å². The average molecular weight is 447 g/mol. The van der Waals surface area contributed by atoms with Crippen molar-refractivity contribution in [2.24, 2.45) is 5.73 Å². The largest absolute Gasteiger partial charge is 0.506 e. The molecule has 4 nitrogen and oxygen atoms in total. The van der Waals surface area contributed by atoms with Crippen molar-refractivity contribution in [3.05, 3.63) is 24.8 Å². The lowest BCUT2D eigenvalue weighted by atomic mass is 10.1. The molecule has 0 unspecified atom stereocenters. The molecule has 1 rings (SSSR count). The van der Waals surface area contributed by atoms with Crippen molar-refractivity contribution in [2.75, 3.05) is 7.11 Å². The van der Waals surface area contributed by atoms with Crippen LogP contribution >= 0.6 is 45.2 Å². The number of phenols is 1. The van der Waals surface area contributed by atoms with Gasteiger partial charge in [-0.05, 0) is 69.3 Å². The normalized spacial score (nSPS) is 12.2. The molecule has 6 heteroatoms. The molecule has 0 bridgehead atoms. The van der Waals surface area contributed by atoms with Crippen molar-refractivity contribution in [3.8, 4) is 5.75 Å². The van der Waals surface area contributed by atoms with E-state index < -0.39 is 12.0 Å². The maximum Gasteiger partial charge on any atom is 0.322 e. The number of benzene rings is 1. The van der Waals surface area contributed by atoms with Crippen molar-refractivity contribution >= 4 is 51.2 Å². The van der Waals surface area contributed by atoms with Gasteiger partial charge in [0.2, 0.25) is 0 Å². The van der Waals surface area contributed by atoms with Gasteiger partial charge in [-0.15, -0.1) is 0 Å². The van der Waals surface area contributed by atoms with Gasteiger partial charge >= 0.3 is 5.97 Å². The Balaban J connectivity index is 2.86. The van der Waals surface area contributed by atoms with Crippen molar-refractivity contribution in [2.45, 2.75) is 12.5 Å². The summed E-state index contributed by atoms with van der Waals surface area (Å²) in [7, 11) is 1.31. The average Bonchev–Trinajstić information content (AvgIpc) is 2.24. The number of carbonyl (C=O) groups excluding carboxylic acids is 1. The fourth-order valence-electron chi connectivity index (χ4n) is 1.22. The first-order chi connectivity index (χ1) is 7.45. The molecule has 0 aromatic heterocycles. The number of hydrogen-bond donors (Lipinski definition) is 2. The fourth-order valence-corrected chi connectivity index (χ4v) is 3.12. The zero-order valence-corrected chi connectivity index (χ0v) is 12.9. The van der Waals surface area contributed by atoms with Gasteiger partial charge in [-0.25, -0.2) is 0 Å². The molecule has 0 aliphatic carbocycles. The molecule has 0 amide bonds. The molecule has 16 heavy (non-hydrogen) atoms. The summed E-state index contributed by atoms with van der Waals surface area (Å²) in [4.78, 5) is 11.2. The Kier molecular flexibility index (Phi) is 5.25. The highest BCUT2D eigenvalue weighted by Crippen LogP contribution is 2.27. The van der Waals surface area contributed by atoms with Gasteiger partial charge in [-0.2, -0.15) is 0 Å². The number of methoxy groups -OCH3 is 1. The third kappa shape index (κ3) is 3.45. The molecule has 0 radical (unpaired) electrons. The maximum atomic E-state index is 11.2. The number of phenolic OH excluding ortho intramolecular Hbond substituents is 1. The topological polar surface area (TPSA) is 72.5 Å². The Morgan fingerprint density at radius 3 is 2.44 bits per heavy atom. The van der Waals surface area contributed by atoms with Crippen LogP contribution in [0.4, 0.5) is 0 Å². The summed E-state index contributed by atoms with van der Waals surface area (Å²) in [5.74, 6) is -0.172. The molecule has 1 aromatic rings. The smallest absolute Gasteiger partial charge is 0.322 e. The van der Waals surface area contributed by atoms with Gasteiger partial charge < -0.3 is 15.6 Å². The predicted octanol–water partition coefficient (Wildman–Crippen LogP) is 1.64. The summed E-state index contributed by atoms with van der Waals surface area (Å²) in [5, 5.41) is 9.58. The summed E-state index contributed by atoms with van der Waals surface area (Å²) >= 11 is 4.07. The molecule has 0 heterocycles. The minimum absolute atomic E-state index is 0.261. The lowest BCUT2D eigenvalue weighted by Crippen LogP contribution is -2.33. The summed E-state index contributed by atoms with van der Waals surface area (Å²) in [6.45, 7) is 0. The van der Waals surface area contributed by atoms with Crippen molar-refractivity contribution in [1.82, 2.24) is 0 Å². The summed E-state index contributed by atoms with van der Waals surface area (Å²) in [6, 6.07) is 2.95. The van der Waals surface area contributed by atoms with E-state index in [9.17, 15) is 9.90 Å². The van der Waals surface area contributed by atoms with Crippen LogP contribution in [0.15, 0.2) is 12.1 Å². The van der Waals surface area contributed by atoms with Gasteiger partial charge in [-0.3, -0.25) is 4.79 Å². The molecule has 0 aliphatic heterocycles. The maximum absolute atomic E-state index is 11.2. The first-order valence-corrected chi connectivity index (χ1v) is 6.61. The van der Waals surface area contributed by atoms with Gasteiger partial charge in [0.05, 0.1) is 14.3 Å². The van der Waals surface area contributed by atoms with E-state index in [1.54, 1.807) is 12.1 Å². The monoisotopic (exact) mass is 447 g/mol. The number of nitrogens with two attached hydrogens (primary N) is 1. The second-order valence-corrected chi connectivity index (χ2v) is 5.57. The Morgan fingerprint density at radius 2 is 2.00 bits per heavy atom. The van der Waals surface area contributed by atoms with E-state index in [2.05, 4.69) is 4.74 Å². The SMILES string of the molecule is COC(=O)[C@@H](N)Cc1cc(I)c(O)c(I)c1. The van der Waals surface area contributed by atoms with E-state index in [1.165, 1.54) is 7.11 Å². The number of halogens is 2. The van der Waals surface area contributed by atoms with Crippen LogP contribution < -0.4 is 5.73 Å². The number of aromatic hydroxyl groups is 1. The lowest BCUT2D eigenvalue weighted by Gasteiger charge is -2.10. The molecule has 88 valence electrons. The minimum Gasteiger partial charge on any atom is -0.506 e. The van der Waals surface area contributed by atoms with Crippen LogP contribution in [0.25, 0.3) is 0 Å². The Bertz CT molecular complexity index is 386. The summed E-state index contributed by atoms with van der Waals surface area (Å²) in [5.41, 5.74) is 6.56. The number of hydrogen-bond acceptors (Lipinski definition) is 4. The van der Waals surface area contributed by atoms with Crippen LogP contribution in [-0.2, 0) is 16.0 Å². The molecule has 0 saturated carbocycles. The highest BCUT2D eigenvalue weighted by atomic mass is 127. The zero-order valence-electron chi connectivity index (χ0n) is 8.54. The van der Waals surface area contributed by atoms with Gasteiger partial charge in [0.25, 0.3) is 0 Å². The van der Waals surface area contributed by atoms with E-state index >= 15 is 0 Å². The molecule has 0 spiro atoms. The van der Waals surface area contributed by atoms with Crippen LogP contribution in [0.2, 0.25) is 0 Å². The van der Waals surface area contributed by atoms with Crippen LogP contribution in [0, 0.1) is 7.14 Å². The van der Waals surface area contributed by atoms with Crippen LogP contribution in [0.3, 0.4) is 0 Å². The summed E-state index contributed by atoms with van der Waals surface area (Å²) < 4.78 is 6.04. The first kappa shape index (κ1) is 14.0. The van der Waals surface area contributed by atoms with Crippen molar-refractivity contribution < 1.29 is 14.6 Å². The van der Waals surface area contributed by atoms with E-state index in [0.717, 1.165) is 12.7 Å². The second kappa shape index (κ2) is 6.01. The van der Waals surface area contributed by atoms with E-state index in [0.29, 0.717) is 6.42 Å². The van der Waals surface area contributed by atoms with Gasteiger partial charge in [0.15, 0.2) is 0 Å². The molecular formula is C10H11I2NO3. The zero-order chi connectivity index (χ0) is 12.3. The molecular weight excluding hydrogens is 436 g/mol. The first-order valence-electron chi connectivity index (χ1n) is 4.46. The van der Waals surface area contributed by atoms with Crippen LogP contribution in [0.1, 0.15) is 5.56 Å². The number of rotatable bonds is 3. The third-order valence-electron chi connectivity index (χ3n) is 2.04. The highest BCUT2D eigenvalue weighted by Gasteiger charge is 2.15. The standard InChI is InChI=1S/C10H11I2NO3/c1-16-10(15)8(13)4-5-2-6(11)9(14)7(12)3-5/h2-3,8,14H,4,13H2,1H3/t8-/m0/s1. The quantitative estimate of drug-likeness (QED) is 0.547. The van der Waals surface area contributed by atoms with Gasteiger partial charge in [0.1, 0.15) is 11.8 Å². The Hall–Kier alpha value is -0.0900.